The molecule has 0 radical (unpaired) electrons. The lowest BCUT2D eigenvalue weighted by atomic mass is 9.80. The molecule has 0 spiro atoms. The molecular formula is C22H30N2O5. The van der Waals surface area contributed by atoms with Crippen LogP contribution in [0.5, 0.6) is 5.75 Å². The lowest BCUT2D eigenvalue weighted by Gasteiger charge is -2.38. The van der Waals surface area contributed by atoms with E-state index in [9.17, 15) is 14.4 Å². The number of nitrogens with zero attached hydrogens (tertiary/aromatic N) is 2. The van der Waals surface area contributed by atoms with Gasteiger partial charge in [0.25, 0.3) is 0 Å². The predicted molar refractivity (Wildman–Crippen MR) is 109 cm³/mol. The minimum absolute atomic E-state index is 0.0133. The second-order valence-electron chi connectivity index (χ2n) is 7.91. The molecule has 7 heteroatoms. The summed E-state index contributed by atoms with van der Waals surface area (Å²) in [4.78, 5) is 41.3. The number of piperidine rings is 1. The maximum atomic E-state index is 13.0. The van der Waals surface area contributed by atoms with Gasteiger partial charge in [-0.2, -0.15) is 0 Å². The van der Waals surface area contributed by atoms with Crippen LogP contribution in [-0.2, 0) is 19.1 Å². The summed E-state index contributed by atoms with van der Waals surface area (Å²) in [6.45, 7) is 7.84. The van der Waals surface area contributed by atoms with Crippen molar-refractivity contribution in [1.82, 2.24) is 4.90 Å². The molecule has 3 rings (SSSR count). The van der Waals surface area contributed by atoms with Crippen molar-refractivity contribution in [2.24, 2.45) is 11.3 Å². The Labute approximate surface area is 171 Å². The van der Waals surface area contributed by atoms with Crippen LogP contribution in [-0.4, -0.2) is 55.5 Å². The molecule has 2 amide bonds. The number of ether oxygens (including phenoxy) is 2. The number of carbonyl (C=O) groups excluding carboxylic acids is 3. The quantitative estimate of drug-likeness (QED) is 0.684. The lowest BCUT2D eigenvalue weighted by Crippen LogP contribution is -2.47. The first-order valence-electron chi connectivity index (χ1n) is 10.4. The van der Waals surface area contributed by atoms with Crippen molar-refractivity contribution in [2.45, 2.75) is 40.0 Å². The van der Waals surface area contributed by atoms with Gasteiger partial charge in [-0.05, 0) is 45.7 Å². The second-order valence-corrected chi connectivity index (χ2v) is 7.91. The van der Waals surface area contributed by atoms with Crippen LogP contribution in [0.25, 0.3) is 0 Å². The first kappa shape index (κ1) is 21.1. The molecule has 0 aromatic heterocycles. The highest BCUT2D eigenvalue weighted by atomic mass is 16.5. The monoisotopic (exact) mass is 402 g/mol. The van der Waals surface area contributed by atoms with Crippen molar-refractivity contribution >= 4 is 23.5 Å². The summed E-state index contributed by atoms with van der Waals surface area (Å²) >= 11 is 0. The molecule has 0 unspecified atom stereocenters. The molecule has 2 aliphatic heterocycles. The van der Waals surface area contributed by atoms with E-state index in [1.165, 1.54) is 0 Å². The van der Waals surface area contributed by atoms with Crippen molar-refractivity contribution in [3.05, 3.63) is 24.3 Å². The Balaban J connectivity index is 1.64. The molecule has 29 heavy (non-hydrogen) atoms. The highest BCUT2D eigenvalue weighted by molar-refractivity contribution is 6.01. The molecule has 2 aliphatic rings. The minimum atomic E-state index is -0.541. The van der Waals surface area contributed by atoms with Crippen LogP contribution in [0, 0.1) is 11.3 Å². The Kier molecular flexibility index (Phi) is 6.45. The van der Waals surface area contributed by atoms with Crippen molar-refractivity contribution in [1.29, 1.82) is 0 Å². The number of para-hydroxylation sites is 2. The smallest absolute Gasteiger partial charge is 0.311 e. The number of hydrogen-bond donors (Lipinski definition) is 0. The normalized spacial score (nSPS) is 21.2. The van der Waals surface area contributed by atoms with Crippen LogP contribution in [0.2, 0.25) is 0 Å². The number of amides is 2. The Morgan fingerprint density at radius 1 is 1.14 bits per heavy atom. The van der Waals surface area contributed by atoms with Crippen LogP contribution in [0.1, 0.15) is 40.0 Å². The SMILES string of the molecule is CCOC(=O)C1(C)CCN(C(=O)[C@H]2CC(=O)N(c3ccccc3OCC)C2)CC1. The van der Waals surface area contributed by atoms with Crippen molar-refractivity contribution in [2.75, 3.05) is 37.7 Å². The van der Waals surface area contributed by atoms with Gasteiger partial charge in [-0.1, -0.05) is 12.1 Å². The molecule has 158 valence electrons. The number of esters is 1. The molecule has 0 N–H and O–H groups in total. The summed E-state index contributed by atoms with van der Waals surface area (Å²) in [7, 11) is 0. The van der Waals surface area contributed by atoms with Gasteiger partial charge in [0.2, 0.25) is 11.8 Å². The summed E-state index contributed by atoms with van der Waals surface area (Å²) in [5.74, 6) is 0.00938. The molecule has 1 atom stereocenters. The number of rotatable bonds is 6. The van der Waals surface area contributed by atoms with Crippen molar-refractivity contribution < 1.29 is 23.9 Å². The van der Waals surface area contributed by atoms with Gasteiger partial charge in [-0.25, -0.2) is 0 Å². The zero-order chi connectivity index (χ0) is 21.0. The topological polar surface area (TPSA) is 76.2 Å². The van der Waals surface area contributed by atoms with Gasteiger partial charge in [0.05, 0.1) is 30.2 Å². The van der Waals surface area contributed by atoms with E-state index in [0.717, 1.165) is 0 Å². The van der Waals surface area contributed by atoms with Crippen LogP contribution in [0.15, 0.2) is 24.3 Å². The lowest BCUT2D eigenvalue weighted by molar-refractivity contribution is -0.159. The van der Waals surface area contributed by atoms with E-state index in [4.69, 9.17) is 9.47 Å². The fourth-order valence-corrected chi connectivity index (χ4v) is 4.05. The third-order valence-electron chi connectivity index (χ3n) is 5.88. The van der Waals surface area contributed by atoms with E-state index in [2.05, 4.69) is 0 Å². The zero-order valence-corrected chi connectivity index (χ0v) is 17.5. The van der Waals surface area contributed by atoms with E-state index in [1.807, 2.05) is 38.1 Å². The first-order chi connectivity index (χ1) is 13.9. The molecule has 7 nitrogen and oxygen atoms in total. The summed E-state index contributed by atoms with van der Waals surface area (Å²) in [5, 5.41) is 0. The van der Waals surface area contributed by atoms with Gasteiger partial charge in [0.1, 0.15) is 5.75 Å². The van der Waals surface area contributed by atoms with Crippen LogP contribution in [0.3, 0.4) is 0 Å². The van der Waals surface area contributed by atoms with Gasteiger partial charge in [-0.3, -0.25) is 14.4 Å². The number of likely N-dealkylation sites (tertiary alicyclic amines) is 1. The molecule has 0 saturated carbocycles. The molecule has 1 aromatic carbocycles. The molecule has 1 aromatic rings. The molecular weight excluding hydrogens is 372 g/mol. The average Bonchev–Trinajstić information content (AvgIpc) is 3.10. The van der Waals surface area contributed by atoms with Crippen LogP contribution >= 0.6 is 0 Å². The Morgan fingerprint density at radius 2 is 1.83 bits per heavy atom. The highest BCUT2D eigenvalue weighted by Gasteiger charge is 2.43. The first-order valence-corrected chi connectivity index (χ1v) is 10.4. The molecule has 2 saturated heterocycles. The van der Waals surface area contributed by atoms with Gasteiger partial charge in [0, 0.05) is 26.1 Å². The van der Waals surface area contributed by atoms with E-state index < -0.39 is 5.41 Å². The number of anilines is 1. The second kappa shape index (κ2) is 8.84. The van der Waals surface area contributed by atoms with Crippen molar-refractivity contribution in [3.63, 3.8) is 0 Å². The van der Waals surface area contributed by atoms with E-state index in [0.29, 0.717) is 57.1 Å². The van der Waals surface area contributed by atoms with Gasteiger partial charge in [-0.15, -0.1) is 0 Å². The third-order valence-corrected chi connectivity index (χ3v) is 5.88. The fourth-order valence-electron chi connectivity index (χ4n) is 4.05. The van der Waals surface area contributed by atoms with Gasteiger partial charge in [0.15, 0.2) is 0 Å². The Hall–Kier alpha value is -2.57. The third kappa shape index (κ3) is 4.38. The summed E-state index contributed by atoms with van der Waals surface area (Å²) < 4.78 is 10.8. The number of hydrogen-bond acceptors (Lipinski definition) is 5. The standard InChI is InChI=1S/C22H30N2O5/c1-4-28-18-9-7-6-8-17(18)24-15-16(14-19(24)25)20(26)23-12-10-22(3,11-13-23)21(27)29-5-2/h6-9,16H,4-5,10-15H2,1-3H3/t16-/m0/s1. The van der Waals surface area contributed by atoms with Crippen molar-refractivity contribution in [3.8, 4) is 5.75 Å². The van der Waals surface area contributed by atoms with E-state index in [1.54, 1.807) is 16.7 Å². The maximum absolute atomic E-state index is 13.0. The van der Waals surface area contributed by atoms with E-state index >= 15 is 0 Å². The summed E-state index contributed by atoms with van der Waals surface area (Å²) in [6, 6.07) is 7.41. The summed E-state index contributed by atoms with van der Waals surface area (Å²) in [5.41, 5.74) is 0.170. The fraction of sp³-hybridized carbons (Fsp3) is 0.591. The average molecular weight is 402 g/mol. The Bertz CT molecular complexity index is 770. The minimum Gasteiger partial charge on any atom is -0.492 e. The largest absolute Gasteiger partial charge is 0.492 e. The van der Waals surface area contributed by atoms with E-state index in [-0.39, 0.29) is 30.1 Å². The summed E-state index contributed by atoms with van der Waals surface area (Å²) in [6.07, 6.45) is 1.36. The van der Waals surface area contributed by atoms with Gasteiger partial charge < -0.3 is 19.3 Å². The van der Waals surface area contributed by atoms with Crippen LogP contribution < -0.4 is 9.64 Å². The molecule has 2 fully saturated rings. The van der Waals surface area contributed by atoms with Gasteiger partial charge >= 0.3 is 5.97 Å². The number of carbonyl (C=O) groups is 3. The Morgan fingerprint density at radius 3 is 2.48 bits per heavy atom. The highest BCUT2D eigenvalue weighted by Crippen LogP contribution is 2.36. The molecule has 2 heterocycles. The number of benzene rings is 1. The molecule has 0 bridgehead atoms. The van der Waals surface area contributed by atoms with Crippen LogP contribution in [0.4, 0.5) is 5.69 Å². The molecule has 0 aliphatic carbocycles. The maximum Gasteiger partial charge on any atom is 0.311 e. The predicted octanol–water partition coefficient (Wildman–Crippen LogP) is 2.63. The zero-order valence-electron chi connectivity index (χ0n) is 17.5.